The molecular formula is C17H15ClN4O3S2. The summed E-state index contributed by atoms with van der Waals surface area (Å²) in [7, 11) is 0. The monoisotopic (exact) mass is 422 g/mol. The highest BCUT2D eigenvalue weighted by Crippen LogP contribution is 2.26. The number of ether oxygens (including phenoxy) is 1. The highest BCUT2D eigenvalue weighted by Gasteiger charge is 2.19. The van der Waals surface area contributed by atoms with Gasteiger partial charge in [0.1, 0.15) is 10.6 Å². The average molecular weight is 423 g/mol. The van der Waals surface area contributed by atoms with E-state index in [0.29, 0.717) is 25.9 Å². The summed E-state index contributed by atoms with van der Waals surface area (Å²) < 4.78 is 4.97. The second-order valence-electron chi connectivity index (χ2n) is 5.28. The first kappa shape index (κ1) is 19.3. The van der Waals surface area contributed by atoms with E-state index in [1.54, 1.807) is 31.4 Å². The van der Waals surface area contributed by atoms with Gasteiger partial charge in [-0.05, 0) is 32.0 Å². The van der Waals surface area contributed by atoms with Crippen LogP contribution >= 0.6 is 34.3 Å². The lowest BCUT2D eigenvalue weighted by Gasteiger charge is -2.02. The number of amides is 1. The van der Waals surface area contributed by atoms with Crippen molar-refractivity contribution >= 4 is 62.1 Å². The van der Waals surface area contributed by atoms with Crippen LogP contribution in [0, 0.1) is 6.92 Å². The minimum absolute atomic E-state index is 0.245. The Morgan fingerprint density at radius 3 is 2.81 bits per heavy atom. The normalized spacial score (nSPS) is 10.5. The predicted octanol–water partition coefficient (Wildman–Crippen LogP) is 4.73. The van der Waals surface area contributed by atoms with E-state index in [1.165, 1.54) is 11.3 Å². The lowest BCUT2D eigenvalue weighted by molar-refractivity contribution is 0.0531. The van der Waals surface area contributed by atoms with Crippen LogP contribution in [0.25, 0.3) is 0 Å². The molecule has 0 unspecified atom stereocenters. The molecule has 0 aliphatic rings. The molecule has 2 aromatic heterocycles. The molecule has 1 aromatic carbocycles. The molecule has 0 aliphatic carbocycles. The minimum Gasteiger partial charge on any atom is -0.462 e. The summed E-state index contributed by atoms with van der Waals surface area (Å²) in [5.41, 5.74) is 1.53. The van der Waals surface area contributed by atoms with Gasteiger partial charge in [0.05, 0.1) is 12.3 Å². The second kappa shape index (κ2) is 8.47. The number of hydrogen-bond donors (Lipinski definition) is 2. The number of benzene rings is 1. The van der Waals surface area contributed by atoms with Gasteiger partial charge in [0.25, 0.3) is 5.91 Å². The van der Waals surface area contributed by atoms with Crippen molar-refractivity contribution in [1.29, 1.82) is 0 Å². The SMILES string of the molecule is CCOC(=O)c1sc(NC(=O)c2csc(Nc3cccc(Cl)c3)n2)nc1C. The first-order chi connectivity index (χ1) is 13.0. The van der Waals surface area contributed by atoms with Crippen LogP contribution in [-0.4, -0.2) is 28.5 Å². The third kappa shape index (κ3) is 4.82. The summed E-state index contributed by atoms with van der Waals surface area (Å²) in [5.74, 6) is -0.857. The standard InChI is InChI=1S/C17H15ClN4O3S2/c1-3-25-15(24)13-9(2)19-17(27-13)22-14(23)12-8-26-16(21-12)20-11-6-4-5-10(18)7-11/h4-8H,3H2,1-2H3,(H,20,21)(H,19,22,23). The van der Waals surface area contributed by atoms with Crippen molar-refractivity contribution in [3.8, 4) is 0 Å². The molecule has 0 spiro atoms. The van der Waals surface area contributed by atoms with Crippen molar-refractivity contribution in [3.05, 3.63) is 50.9 Å². The molecule has 3 rings (SSSR count). The maximum absolute atomic E-state index is 12.4. The number of thiazole rings is 2. The van der Waals surface area contributed by atoms with E-state index in [-0.39, 0.29) is 12.3 Å². The lowest BCUT2D eigenvalue weighted by atomic mass is 10.3. The number of esters is 1. The summed E-state index contributed by atoms with van der Waals surface area (Å²) in [6, 6.07) is 7.20. The number of aromatic nitrogens is 2. The summed E-state index contributed by atoms with van der Waals surface area (Å²) in [6.45, 7) is 3.70. The molecule has 0 aliphatic heterocycles. The van der Waals surface area contributed by atoms with E-state index in [0.717, 1.165) is 17.0 Å². The van der Waals surface area contributed by atoms with Crippen LogP contribution in [0.4, 0.5) is 16.0 Å². The summed E-state index contributed by atoms with van der Waals surface area (Å²) in [4.78, 5) is 33.1. The van der Waals surface area contributed by atoms with Crippen molar-refractivity contribution < 1.29 is 14.3 Å². The zero-order valence-electron chi connectivity index (χ0n) is 14.4. The summed E-state index contributed by atoms with van der Waals surface area (Å²) in [5, 5.41) is 8.87. The molecule has 2 N–H and O–H groups in total. The fraction of sp³-hybridized carbons (Fsp3) is 0.176. The molecule has 0 saturated heterocycles. The van der Waals surface area contributed by atoms with E-state index in [4.69, 9.17) is 16.3 Å². The van der Waals surface area contributed by atoms with Gasteiger partial charge in [-0.15, -0.1) is 11.3 Å². The number of rotatable bonds is 6. The van der Waals surface area contributed by atoms with Gasteiger partial charge >= 0.3 is 5.97 Å². The van der Waals surface area contributed by atoms with Crippen molar-refractivity contribution in [2.45, 2.75) is 13.8 Å². The Labute approximate surface area is 168 Å². The molecule has 1 amide bonds. The molecule has 0 radical (unpaired) electrons. The molecule has 0 bridgehead atoms. The number of carbonyl (C=O) groups is 2. The summed E-state index contributed by atoms with van der Waals surface area (Å²) >= 11 is 8.31. The van der Waals surface area contributed by atoms with E-state index in [1.807, 2.05) is 12.1 Å². The summed E-state index contributed by atoms with van der Waals surface area (Å²) in [6.07, 6.45) is 0. The molecule has 0 atom stereocenters. The first-order valence-electron chi connectivity index (χ1n) is 7.90. The van der Waals surface area contributed by atoms with Crippen molar-refractivity contribution in [2.75, 3.05) is 17.2 Å². The van der Waals surface area contributed by atoms with Crippen LogP contribution < -0.4 is 10.6 Å². The van der Waals surface area contributed by atoms with Gasteiger partial charge in [0, 0.05) is 16.1 Å². The quantitative estimate of drug-likeness (QED) is 0.557. The Hall–Kier alpha value is -2.49. The van der Waals surface area contributed by atoms with Gasteiger partial charge in [0.2, 0.25) is 0 Å². The molecule has 140 valence electrons. The van der Waals surface area contributed by atoms with Gasteiger partial charge in [-0.1, -0.05) is 29.0 Å². The van der Waals surface area contributed by atoms with Crippen LogP contribution in [0.1, 0.15) is 32.8 Å². The molecule has 3 aromatic rings. The predicted molar refractivity (Wildman–Crippen MR) is 108 cm³/mol. The number of aryl methyl sites for hydroxylation is 1. The Morgan fingerprint density at radius 1 is 1.26 bits per heavy atom. The fourth-order valence-corrected chi connectivity index (χ4v) is 3.88. The highest BCUT2D eigenvalue weighted by molar-refractivity contribution is 7.17. The van der Waals surface area contributed by atoms with Crippen LogP contribution in [0.5, 0.6) is 0 Å². The number of halogens is 1. The maximum Gasteiger partial charge on any atom is 0.350 e. The smallest absolute Gasteiger partial charge is 0.350 e. The molecular weight excluding hydrogens is 408 g/mol. The van der Waals surface area contributed by atoms with Crippen LogP contribution in [0.2, 0.25) is 5.02 Å². The van der Waals surface area contributed by atoms with E-state index < -0.39 is 11.9 Å². The number of carbonyl (C=O) groups excluding carboxylic acids is 2. The van der Waals surface area contributed by atoms with Crippen molar-refractivity contribution in [1.82, 2.24) is 9.97 Å². The zero-order valence-corrected chi connectivity index (χ0v) is 16.8. The minimum atomic E-state index is -0.449. The number of hydrogen-bond acceptors (Lipinski definition) is 8. The average Bonchev–Trinajstić information content (AvgIpc) is 3.22. The van der Waals surface area contributed by atoms with Crippen LogP contribution in [-0.2, 0) is 4.74 Å². The molecule has 10 heteroatoms. The fourth-order valence-electron chi connectivity index (χ4n) is 2.12. The molecule has 0 fully saturated rings. The molecule has 2 heterocycles. The topological polar surface area (TPSA) is 93.2 Å². The largest absolute Gasteiger partial charge is 0.462 e. The van der Waals surface area contributed by atoms with Gasteiger partial charge in [-0.25, -0.2) is 14.8 Å². The highest BCUT2D eigenvalue weighted by atomic mass is 35.5. The maximum atomic E-state index is 12.4. The Morgan fingerprint density at radius 2 is 2.07 bits per heavy atom. The number of nitrogens with one attached hydrogen (secondary N) is 2. The van der Waals surface area contributed by atoms with Crippen LogP contribution in [0.15, 0.2) is 29.6 Å². The Balaban J connectivity index is 1.68. The lowest BCUT2D eigenvalue weighted by Crippen LogP contribution is -2.12. The van der Waals surface area contributed by atoms with Crippen molar-refractivity contribution in [3.63, 3.8) is 0 Å². The molecule has 7 nitrogen and oxygen atoms in total. The van der Waals surface area contributed by atoms with Gasteiger partial charge < -0.3 is 10.1 Å². The number of nitrogens with zero attached hydrogens (tertiary/aromatic N) is 2. The van der Waals surface area contributed by atoms with Gasteiger partial charge in [0.15, 0.2) is 10.3 Å². The second-order valence-corrected chi connectivity index (χ2v) is 7.58. The third-order valence-corrected chi connectivity index (χ3v) is 5.34. The van der Waals surface area contributed by atoms with E-state index in [9.17, 15) is 9.59 Å². The molecule has 0 saturated carbocycles. The Bertz CT molecular complexity index is 986. The number of anilines is 3. The van der Waals surface area contributed by atoms with E-state index in [2.05, 4.69) is 20.6 Å². The van der Waals surface area contributed by atoms with Crippen molar-refractivity contribution in [2.24, 2.45) is 0 Å². The van der Waals surface area contributed by atoms with Gasteiger partial charge in [-0.2, -0.15) is 0 Å². The van der Waals surface area contributed by atoms with E-state index >= 15 is 0 Å². The first-order valence-corrected chi connectivity index (χ1v) is 9.97. The third-order valence-electron chi connectivity index (χ3n) is 3.29. The van der Waals surface area contributed by atoms with Gasteiger partial charge in [-0.3, -0.25) is 10.1 Å². The zero-order chi connectivity index (χ0) is 19.4. The molecule has 27 heavy (non-hydrogen) atoms. The van der Waals surface area contributed by atoms with Crippen LogP contribution in [0.3, 0.4) is 0 Å². The Kier molecular flexibility index (Phi) is 6.04.